The molecule has 0 spiro atoms. The number of amides is 2. The maximum absolute atomic E-state index is 12.0. The van der Waals surface area contributed by atoms with Crippen LogP contribution in [0.4, 0.5) is 5.69 Å². The van der Waals surface area contributed by atoms with Gasteiger partial charge in [-0.1, -0.05) is 54.1 Å². The summed E-state index contributed by atoms with van der Waals surface area (Å²) >= 11 is 9.34. The number of carbonyl (C=O) groups is 2. The number of nitrogens with zero attached hydrogens (tertiary/aromatic N) is 1. The molecule has 0 atom stereocenters. The molecule has 4 aromatic carbocycles. The fraction of sp³-hybridized carbons (Fsp3) is 0.0741. The average Bonchev–Trinajstić information content (AvgIpc) is 2.89. The first-order chi connectivity index (χ1) is 17.4. The number of benzene rings is 4. The summed E-state index contributed by atoms with van der Waals surface area (Å²) in [5, 5.41) is 9.11. The van der Waals surface area contributed by atoms with Gasteiger partial charge in [0, 0.05) is 10.7 Å². The normalized spacial score (nSPS) is 10.9. The average molecular weight is 567 g/mol. The molecule has 0 aromatic heterocycles. The lowest BCUT2D eigenvalue weighted by Gasteiger charge is -2.14. The Labute approximate surface area is 221 Å². The molecule has 36 heavy (non-hydrogen) atoms. The first-order valence-corrected chi connectivity index (χ1v) is 12.0. The van der Waals surface area contributed by atoms with Crippen molar-refractivity contribution in [1.82, 2.24) is 5.43 Å². The lowest BCUT2D eigenvalue weighted by atomic mass is 10.1. The molecule has 0 unspecified atom stereocenters. The fourth-order valence-electron chi connectivity index (χ4n) is 3.46. The molecule has 0 heterocycles. The van der Waals surface area contributed by atoms with Crippen molar-refractivity contribution in [3.8, 4) is 11.5 Å². The number of ether oxygens (including phenoxy) is 2. The van der Waals surface area contributed by atoms with Crippen molar-refractivity contribution in [2.75, 3.05) is 12.4 Å². The van der Waals surface area contributed by atoms with Crippen molar-refractivity contribution in [2.45, 2.75) is 6.61 Å². The molecular weight excluding hydrogens is 546 g/mol. The quantitative estimate of drug-likeness (QED) is 0.165. The number of methoxy groups -OCH3 is 1. The maximum Gasteiger partial charge on any atom is 0.329 e. The smallest absolute Gasteiger partial charge is 0.329 e. The van der Waals surface area contributed by atoms with Gasteiger partial charge >= 0.3 is 11.8 Å². The molecule has 9 heteroatoms. The van der Waals surface area contributed by atoms with Gasteiger partial charge in [-0.3, -0.25) is 9.59 Å². The van der Waals surface area contributed by atoms with Crippen LogP contribution < -0.4 is 20.2 Å². The molecule has 2 amide bonds. The Morgan fingerprint density at radius 3 is 2.53 bits per heavy atom. The fourth-order valence-corrected chi connectivity index (χ4v) is 4.16. The number of hydrazone groups is 1. The van der Waals surface area contributed by atoms with E-state index >= 15 is 0 Å². The van der Waals surface area contributed by atoms with Gasteiger partial charge in [0.1, 0.15) is 6.61 Å². The Bertz CT molecular complexity index is 1440. The number of anilines is 1. The molecule has 7 nitrogen and oxygen atoms in total. The first-order valence-electron chi connectivity index (χ1n) is 10.8. The third kappa shape index (κ3) is 6.21. The summed E-state index contributed by atoms with van der Waals surface area (Å²) in [5.74, 6) is -0.750. The van der Waals surface area contributed by atoms with Crippen LogP contribution >= 0.6 is 27.5 Å². The zero-order chi connectivity index (χ0) is 25.5. The summed E-state index contributed by atoms with van der Waals surface area (Å²) in [6, 6.07) is 24.1. The summed E-state index contributed by atoms with van der Waals surface area (Å²) < 4.78 is 12.3. The van der Waals surface area contributed by atoms with Gasteiger partial charge in [-0.25, -0.2) is 5.43 Å². The van der Waals surface area contributed by atoms with Crippen LogP contribution in [0, 0.1) is 0 Å². The standard InChI is InChI=1S/C27H21BrClN3O4/c1-35-24-14-17(15-30-32-27(34)26(33)31-21-11-9-20(29)10-12-21)13-23(28)25(24)36-16-19-7-4-6-18-5-2-3-8-22(18)19/h2-15H,16H2,1H3,(H,31,33)(H,32,34)/b30-15+. The molecule has 0 fully saturated rings. The van der Waals surface area contributed by atoms with E-state index in [1.807, 2.05) is 24.3 Å². The minimum absolute atomic E-state index is 0.350. The van der Waals surface area contributed by atoms with E-state index in [2.05, 4.69) is 50.0 Å². The van der Waals surface area contributed by atoms with E-state index in [0.29, 0.717) is 38.9 Å². The van der Waals surface area contributed by atoms with Gasteiger partial charge in [0.05, 0.1) is 17.8 Å². The predicted octanol–water partition coefficient (Wildman–Crippen LogP) is 5.93. The van der Waals surface area contributed by atoms with Gasteiger partial charge in [0.2, 0.25) is 0 Å². The van der Waals surface area contributed by atoms with Crippen LogP contribution in [0.2, 0.25) is 5.02 Å². The summed E-state index contributed by atoms with van der Waals surface area (Å²) in [5.41, 5.74) is 4.31. The summed E-state index contributed by atoms with van der Waals surface area (Å²) in [7, 11) is 1.54. The second-order valence-corrected chi connectivity index (χ2v) is 8.91. The van der Waals surface area contributed by atoms with E-state index in [1.165, 1.54) is 13.3 Å². The zero-order valence-electron chi connectivity index (χ0n) is 19.1. The van der Waals surface area contributed by atoms with Crippen molar-refractivity contribution >= 4 is 62.0 Å². The van der Waals surface area contributed by atoms with Crippen LogP contribution in [-0.4, -0.2) is 25.1 Å². The highest BCUT2D eigenvalue weighted by Crippen LogP contribution is 2.37. The van der Waals surface area contributed by atoms with Gasteiger partial charge in [-0.2, -0.15) is 5.10 Å². The third-order valence-electron chi connectivity index (χ3n) is 5.19. The largest absolute Gasteiger partial charge is 0.493 e. The molecule has 4 rings (SSSR count). The van der Waals surface area contributed by atoms with E-state index < -0.39 is 11.8 Å². The second kappa shape index (κ2) is 11.7. The van der Waals surface area contributed by atoms with Gasteiger partial charge in [-0.05, 0) is 74.2 Å². The Balaban J connectivity index is 1.41. The number of halogens is 2. The van der Waals surface area contributed by atoms with Crippen LogP contribution in [0.25, 0.3) is 10.8 Å². The second-order valence-electron chi connectivity index (χ2n) is 7.62. The zero-order valence-corrected chi connectivity index (χ0v) is 21.5. The minimum Gasteiger partial charge on any atom is -0.493 e. The lowest BCUT2D eigenvalue weighted by molar-refractivity contribution is -0.136. The Morgan fingerprint density at radius 2 is 1.75 bits per heavy atom. The SMILES string of the molecule is COc1cc(/C=N/NC(=O)C(=O)Nc2ccc(Cl)cc2)cc(Br)c1OCc1cccc2ccccc12. The van der Waals surface area contributed by atoms with Crippen LogP contribution in [0.15, 0.2) is 88.4 Å². The number of carbonyl (C=O) groups excluding carboxylic acids is 2. The van der Waals surface area contributed by atoms with E-state index in [9.17, 15) is 9.59 Å². The highest BCUT2D eigenvalue weighted by Gasteiger charge is 2.14. The molecule has 0 saturated carbocycles. The van der Waals surface area contributed by atoms with Crippen LogP contribution in [0.3, 0.4) is 0 Å². The van der Waals surface area contributed by atoms with Crippen molar-refractivity contribution in [3.63, 3.8) is 0 Å². The lowest BCUT2D eigenvalue weighted by Crippen LogP contribution is -2.32. The number of fused-ring (bicyclic) bond motifs is 1. The highest BCUT2D eigenvalue weighted by molar-refractivity contribution is 9.10. The van der Waals surface area contributed by atoms with E-state index in [1.54, 1.807) is 36.4 Å². The molecule has 0 saturated heterocycles. The van der Waals surface area contributed by atoms with E-state index in [-0.39, 0.29) is 0 Å². The third-order valence-corrected chi connectivity index (χ3v) is 6.03. The van der Waals surface area contributed by atoms with Gasteiger partial charge in [-0.15, -0.1) is 0 Å². The summed E-state index contributed by atoms with van der Waals surface area (Å²) in [6.45, 7) is 0.350. The molecule has 0 bridgehead atoms. The summed E-state index contributed by atoms with van der Waals surface area (Å²) in [4.78, 5) is 24.1. The number of hydrogen-bond donors (Lipinski definition) is 2. The van der Waals surface area contributed by atoms with E-state index in [4.69, 9.17) is 21.1 Å². The molecule has 0 aliphatic heterocycles. The molecule has 0 aliphatic carbocycles. The number of hydrogen-bond acceptors (Lipinski definition) is 5. The monoisotopic (exact) mass is 565 g/mol. The topological polar surface area (TPSA) is 89.0 Å². The molecule has 2 N–H and O–H groups in total. The molecule has 182 valence electrons. The predicted molar refractivity (Wildman–Crippen MR) is 145 cm³/mol. The van der Waals surface area contributed by atoms with E-state index in [0.717, 1.165) is 16.3 Å². The van der Waals surface area contributed by atoms with Crippen molar-refractivity contribution in [1.29, 1.82) is 0 Å². The maximum atomic E-state index is 12.0. The van der Waals surface area contributed by atoms with Crippen molar-refractivity contribution < 1.29 is 19.1 Å². The highest BCUT2D eigenvalue weighted by atomic mass is 79.9. The number of rotatable bonds is 7. The molecular formula is C27H21BrClN3O4. The van der Waals surface area contributed by atoms with Gasteiger partial charge in [0.15, 0.2) is 11.5 Å². The summed E-state index contributed by atoms with van der Waals surface area (Å²) in [6.07, 6.45) is 1.40. The van der Waals surface area contributed by atoms with Gasteiger partial charge < -0.3 is 14.8 Å². The first kappa shape index (κ1) is 25.2. The van der Waals surface area contributed by atoms with Crippen LogP contribution in [-0.2, 0) is 16.2 Å². The molecule has 0 radical (unpaired) electrons. The Morgan fingerprint density at radius 1 is 1.00 bits per heavy atom. The van der Waals surface area contributed by atoms with Crippen LogP contribution in [0.1, 0.15) is 11.1 Å². The Hall–Kier alpha value is -3.88. The molecule has 4 aromatic rings. The Kier molecular flexibility index (Phi) is 8.20. The van der Waals surface area contributed by atoms with Crippen LogP contribution in [0.5, 0.6) is 11.5 Å². The van der Waals surface area contributed by atoms with Crippen molar-refractivity contribution in [2.24, 2.45) is 5.10 Å². The van der Waals surface area contributed by atoms with Gasteiger partial charge in [0.25, 0.3) is 0 Å². The van der Waals surface area contributed by atoms with Crippen molar-refractivity contribution in [3.05, 3.63) is 99.5 Å². The minimum atomic E-state index is -0.915. The molecule has 0 aliphatic rings. The number of nitrogens with one attached hydrogen (secondary N) is 2.